The number of hydrogen-bond donors (Lipinski definition) is 4. The van der Waals surface area contributed by atoms with Crippen LogP contribution in [-0.4, -0.2) is 55.0 Å². The number of hydrogen-bond acceptors (Lipinski definition) is 5. The van der Waals surface area contributed by atoms with E-state index in [0.717, 1.165) is 28.7 Å². The first-order valence-electron chi connectivity index (χ1n) is 16.3. The molecule has 0 aromatic heterocycles. The van der Waals surface area contributed by atoms with E-state index in [-0.39, 0.29) is 17.9 Å². The molecule has 0 aromatic carbocycles. The molecule has 2 aliphatic heterocycles. The number of fused-ring (bicyclic) bond motifs is 2. The highest BCUT2D eigenvalue weighted by molar-refractivity contribution is 5.35. The molecule has 248 valence electrons. The van der Waals surface area contributed by atoms with Crippen molar-refractivity contribution >= 4 is 0 Å². The minimum absolute atomic E-state index is 0.111. The molecule has 3 rings (SSSR count). The average molecular weight is 619 g/mol. The third-order valence-corrected chi connectivity index (χ3v) is 10.2. The highest BCUT2D eigenvalue weighted by atomic mass is 16.5. The van der Waals surface area contributed by atoms with Gasteiger partial charge in [-0.1, -0.05) is 123 Å². The van der Waals surface area contributed by atoms with Crippen LogP contribution in [0.15, 0.2) is 107 Å². The average Bonchev–Trinajstić information content (AvgIpc) is 3.31. The summed E-state index contributed by atoms with van der Waals surface area (Å²) in [7, 11) is 0. The van der Waals surface area contributed by atoms with Gasteiger partial charge in [-0.3, -0.25) is 0 Å². The van der Waals surface area contributed by atoms with Crippen molar-refractivity contribution < 1.29 is 25.2 Å². The van der Waals surface area contributed by atoms with Crippen LogP contribution in [0.2, 0.25) is 0 Å². The number of ether oxygens (including phenoxy) is 1. The lowest BCUT2D eigenvalue weighted by atomic mass is 9.57. The van der Waals surface area contributed by atoms with Crippen molar-refractivity contribution in [1.82, 2.24) is 0 Å². The van der Waals surface area contributed by atoms with E-state index < -0.39 is 33.9 Å². The molecule has 1 saturated carbocycles. The van der Waals surface area contributed by atoms with E-state index in [1.165, 1.54) is 0 Å². The van der Waals surface area contributed by atoms with Crippen LogP contribution < -0.4 is 0 Å². The summed E-state index contributed by atoms with van der Waals surface area (Å²) in [6.45, 7) is 19.7. The van der Waals surface area contributed by atoms with Gasteiger partial charge in [-0.15, -0.1) is 0 Å². The predicted octanol–water partition coefficient (Wildman–Crippen LogP) is 7.92. The fraction of sp³-hybridized carbons (Fsp3) is 0.550. The molecule has 0 radical (unpaired) electrons. The van der Waals surface area contributed by atoms with Crippen molar-refractivity contribution in [3.63, 3.8) is 0 Å². The van der Waals surface area contributed by atoms with Crippen molar-refractivity contribution in [3.05, 3.63) is 107 Å². The first-order chi connectivity index (χ1) is 20.7. The molecule has 5 nitrogen and oxygen atoms in total. The first kappa shape index (κ1) is 36.9. The van der Waals surface area contributed by atoms with E-state index >= 15 is 0 Å². The molecule has 2 bridgehead atoms. The Morgan fingerprint density at radius 2 is 1.02 bits per heavy atom. The molecular formula is C40H58O5. The predicted molar refractivity (Wildman–Crippen MR) is 187 cm³/mol. The molecule has 6 atom stereocenters. The van der Waals surface area contributed by atoms with Crippen LogP contribution in [0.25, 0.3) is 0 Å². The van der Waals surface area contributed by atoms with E-state index in [2.05, 4.69) is 58.1 Å². The molecule has 1 aliphatic carbocycles. The van der Waals surface area contributed by atoms with Gasteiger partial charge in [-0.2, -0.15) is 0 Å². The van der Waals surface area contributed by atoms with Crippen molar-refractivity contribution in [1.29, 1.82) is 0 Å². The minimum atomic E-state index is -1.45. The summed E-state index contributed by atoms with van der Waals surface area (Å²) in [4.78, 5) is 0. The maximum Gasteiger partial charge on any atom is 0.120 e. The topological polar surface area (TPSA) is 90.2 Å². The minimum Gasteiger partial charge on any atom is -0.393 e. The van der Waals surface area contributed by atoms with Crippen LogP contribution in [0, 0.1) is 10.8 Å². The Hall–Kier alpha value is -2.54. The van der Waals surface area contributed by atoms with E-state index in [9.17, 15) is 20.4 Å². The van der Waals surface area contributed by atoms with Gasteiger partial charge < -0.3 is 25.2 Å². The standard InChI is InChI=1S/C40H58O5/c1-29(17-13-19-31(3)21-23-39(44)35(5,6)25-33(41)26-37(39,9)42)15-11-12-16-30(2)18-14-20-32(4)22-24-40-36(7,8)27-34(45-40)28-38(40,10)43/h11-24,33-34,41-44H,25-28H2,1-10H3. The van der Waals surface area contributed by atoms with Crippen LogP contribution in [0.5, 0.6) is 0 Å². The zero-order valence-electron chi connectivity index (χ0n) is 29.3. The summed E-state index contributed by atoms with van der Waals surface area (Å²) in [5.74, 6) is 0. The lowest BCUT2D eigenvalue weighted by molar-refractivity contribution is -0.216. The summed E-state index contributed by atoms with van der Waals surface area (Å²) in [5, 5.41) is 43.6. The molecule has 4 N–H and O–H groups in total. The van der Waals surface area contributed by atoms with Gasteiger partial charge in [-0.25, -0.2) is 0 Å². The highest BCUT2D eigenvalue weighted by Gasteiger charge is 2.67. The molecule has 3 fully saturated rings. The van der Waals surface area contributed by atoms with Gasteiger partial charge in [0.05, 0.1) is 23.4 Å². The Morgan fingerprint density at radius 1 is 0.556 bits per heavy atom. The molecule has 3 aliphatic rings. The number of aliphatic hydroxyl groups excluding tert-OH is 1. The fourth-order valence-electron chi connectivity index (χ4n) is 7.60. The second kappa shape index (κ2) is 13.7. The Labute approximate surface area is 272 Å². The van der Waals surface area contributed by atoms with Gasteiger partial charge >= 0.3 is 0 Å². The van der Waals surface area contributed by atoms with Crippen molar-refractivity contribution in [2.45, 2.75) is 130 Å². The van der Waals surface area contributed by atoms with Gasteiger partial charge in [0, 0.05) is 23.7 Å². The van der Waals surface area contributed by atoms with Crippen LogP contribution in [0.3, 0.4) is 0 Å². The van der Waals surface area contributed by atoms with E-state index in [1.807, 2.05) is 83.2 Å². The molecule has 0 amide bonds. The molecule has 5 heteroatoms. The molecule has 2 saturated heterocycles. The van der Waals surface area contributed by atoms with Crippen LogP contribution in [-0.2, 0) is 4.74 Å². The lowest BCUT2D eigenvalue weighted by Crippen LogP contribution is -2.65. The van der Waals surface area contributed by atoms with Gasteiger partial charge in [0.1, 0.15) is 11.2 Å². The third-order valence-electron chi connectivity index (χ3n) is 10.2. The van der Waals surface area contributed by atoms with Crippen LogP contribution in [0.4, 0.5) is 0 Å². The van der Waals surface area contributed by atoms with Crippen LogP contribution >= 0.6 is 0 Å². The highest BCUT2D eigenvalue weighted by Crippen LogP contribution is 2.60. The maximum absolute atomic E-state index is 11.4. The van der Waals surface area contributed by atoms with Crippen molar-refractivity contribution in [2.24, 2.45) is 10.8 Å². The van der Waals surface area contributed by atoms with Gasteiger partial charge in [0.25, 0.3) is 0 Å². The van der Waals surface area contributed by atoms with E-state index in [4.69, 9.17) is 4.74 Å². The summed E-state index contributed by atoms with van der Waals surface area (Å²) in [5.41, 5.74) is -0.904. The van der Waals surface area contributed by atoms with E-state index in [0.29, 0.717) is 12.8 Å². The smallest absolute Gasteiger partial charge is 0.120 e. The van der Waals surface area contributed by atoms with Gasteiger partial charge in [-0.05, 0) is 66.5 Å². The molecule has 0 aromatic rings. The monoisotopic (exact) mass is 618 g/mol. The maximum atomic E-state index is 11.4. The van der Waals surface area contributed by atoms with E-state index in [1.54, 1.807) is 13.0 Å². The SMILES string of the molecule is CC(C=CC=C(C)C=CC1(O)C(C)(C)CC(O)CC1(C)O)=CC=CC=C(C)C=CC=C(C)C=CC12OC(CC1(C)C)CC2(C)O. The largest absolute Gasteiger partial charge is 0.393 e. The second-order valence-corrected chi connectivity index (χ2v) is 15.4. The van der Waals surface area contributed by atoms with Gasteiger partial charge in [0.15, 0.2) is 0 Å². The third kappa shape index (κ3) is 8.07. The number of allylic oxidation sites excluding steroid dienone is 16. The number of rotatable bonds is 10. The van der Waals surface area contributed by atoms with Crippen molar-refractivity contribution in [2.75, 3.05) is 0 Å². The molecule has 6 unspecified atom stereocenters. The zero-order chi connectivity index (χ0) is 33.9. The quantitative estimate of drug-likeness (QED) is 0.187. The van der Waals surface area contributed by atoms with Crippen LogP contribution in [0.1, 0.15) is 94.9 Å². The summed E-state index contributed by atoms with van der Waals surface area (Å²) < 4.78 is 6.30. The molecular weight excluding hydrogens is 560 g/mol. The molecule has 0 spiro atoms. The molecule has 2 heterocycles. The Morgan fingerprint density at radius 3 is 1.49 bits per heavy atom. The normalized spacial score (nSPS) is 37.9. The second-order valence-electron chi connectivity index (χ2n) is 15.4. The molecule has 45 heavy (non-hydrogen) atoms. The fourth-order valence-corrected chi connectivity index (χ4v) is 7.60. The first-order valence-corrected chi connectivity index (χ1v) is 16.3. The number of aliphatic hydroxyl groups is 4. The Kier molecular flexibility index (Phi) is 11.2. The summed E-state index contributed by atoms with van der Waals surface area (Å²) in [6.07, 6.45) is 29.6. The summed E-state index contributed by atoms with van der Waals surface area (Å²) in [6, 6.07) is 0. The zero-order valence-corrected chi connectivity index (χ0v) is 29.3. The van der Waals surface area contributed by atoms with Crippen molar-refractivity contribution in [3.8, 4) is 0 Å². The Bertz CT molecular complexity index is 1320. The Balaban J connectivity index is 1.54. The van der Waals surface area contributed by atoms with Gasteiger partial charge in [0.2, 0.25) is 0 Å². The lowest BCUT2D eigenvalue weighted by Gasteiger charge is -2.54. The summed E-state index contributed by atoms with van der Waals surface area (Å²) >= 11 is 0.